The average molecular weight is 483 g/mol. The van der Waals surface area contributed by atoms with Gasteiger partial charge in [0.1, 0.15) is 0 Å². The molecule has 1 aliphatic heterocycles. The van der Waals surface area contributed by atoms with Crippen LogP contribution in [0, 0.1) is 0 Å². The predicted octanol–water partition coefficient (Wildman–Crippen LogP) is 5.35. The van der Waals surface area contributed by atoms with E-state index in [2.05, 4.69) is 4.72 Å². The molecule has 35 heavy (non-hydrogen) atoms. The van der Waals surface area contributed by atoms with E-state index in [0.29, 0.717) is 12.1 Å². The van der Waals surface area contributed by atoms with E-state index in [4.69, 9.17) is 0 Å². The van der Waals surface area contributed by atoms with Gasteiger partial charge in [0.2, 0.25) is 10.0 Å². The Kier molecular flexibility index (Phi) is 6.49. The first-order valence-corrected chi connectivity index (χ1v) is 13.1. The summed E-state index contributed by atoms with van der Waals surface area (Å²) < 4.78 is 29.9. The number of carbonyl (C=O) groups is 1. The number of hydrogen-bond donors (Lipinski definition) is 1. The smallest absolute Gasteiger partial charge is 0.258 e. The monoisotopic (exact) mass is 482 g/mol. The van der Waals surface area contributed by atoms with Gasteiger partial charge in [-0.25, -0.2) is 8.42 Å². The summed E-state index contributed by atoms with van der Waals surface area (Å²) in [5, 5.41) is 0. The van der Waals surface area contributed by atoms with E-state index in [-0.39, 0.29) is 10.8 Å². The summed E-state index contributed by atoms with van der Waals surface area (Å²) in [6, 6.07) is 32.8. The number of carbonyl (C=O) groups excluding carboxylic acids is 1. The third-order valence-electron chi connectivity index (χ3n) is 6.28. The van der Waals surface area contributed by atoms with Crippen molar-refractivity contribution >= 4 is 21.6 Å². The van der Waals surface area contributed by atoms with Gasteiger partial charge in [-0.05, 0) is 59.9 Å². The van der Waals surface area contributed by atoms with Crippen LogP contribution in [-0.4, -0.2) is 20.9 Å². The second-order valence-corrected chi connectivity index (χ2v) is 10.3. The van der Waals surface area contributed by atoms with Crippen LogP contribution < -0.4 is 9.62 Å². The summed E-state index contributed by atoms with van der Waals surface area (Å²) >= 11 is 0. The molecule has 5 nitrogen and oxygen atoms in total. The molecule has 0 unspecified atom stereocenters. The van der Waals surface area contributed by atoms with Crippen LogP contribution in [0.5, 0.6) is 0 Å². The summed E-state index contributed by atoms with van der Waals surface area (Å²) in [6.07, 6.45) is 1.50. The molecule has 0 saturated heterocycles. The number of sulfonamides is 1. The number of hydrogen-bond acceptors (Lipinski definition) is 3. The van der Waals surface area contributed by atoms with Gasteiger partial charge >= 0.3 is 0 Å². The molecular weight excluding hydrogens is 456 g/mol. The van der Waals surface area contributed by atoms with Crippen molar-refractivity contribution in [3.8, 4) is 0 Å². The van der Waals surface area contributed by atoms with Crippen molar-refractivity contribution < 1.29 is 13.2 Å². The van der Waals surface area contributed by atoms with Crippen molar-refractivity contribution in [3.63, 3.8) is 0 Å². The molecule has 6 heteroatoms. The maximum Gasteiger partial charge on any atom is 0.258 e. The molecule has 0 bridgehead atoms. The highest BCUT2D eigenvalue weighted by Gasteiger charge is 2.27. The van der Waals surface area contributed by atoms with Gasteiger partial charge in [0.05, 0.1) is 10.9 Å². The Bertz CT molecular complexity index is 1380. The largest absolute Gasteiger partial charge is 0.308 e. The van der Waals surface area contributed by atoms with E-state index in [0.717, 1.165) is 35.2 Å². The van der Waals surface area contributed by atoms with Crippen molar-refractivity contribution in [2.75, 3.05) is 11.4 Å². The van der Waals surface area contributed by atoms with Crippen LogP contribution in [0.25, 0.3) is 0 Å². The minimum atomic E-state index is -3.83. The number of nitrogens with one attached hydrogen (secondary N) is 1. The second kappa shape index (κ2) is 9.86. The van der Waals surface area contributed by atoms with Crippen molar-refractivity contribution in [2.24, 2.45) is 0 Å². The number of anilines is 1. The summed E-state index contributed by atoms with van der Waals surface area (Å²) in [5.41, 5.74) is 3.97. The lowest BCUT2D eigenvalue weighted by Gasteiger charge is -2.30. The summed E-state index contributed by atoms with van der Waals surface area (Å²) in [4.78, 5) is 15.0. The Hall–Kier alpha value is -3.74. The third-order valence-corrected chi connectivity index (χ3v) is 7.71. The fourth-order valence-electron chi connectivity index (χ4n) is 4.53. The van der Waals surface area contributed by atoms with Crippen molar-refractivity contribution in [2.45, 2.75) is 23.8 Å². The zero-order valence-corrected chi connectivity index (χ0v) is 20.0. The maximum absolute atomic E-state index is 13.5. The number of rotatable bonds is 6. The molecule has 1 N–H and O–H groups in total. The van der Waals surface area contributed by atoms with E-state index < -0.39 is 16.1 Å². The van der Waals surface area contributed by atoms with Crippen LogP contribution >= 0.6 is 0 Å². The van der Waals surface area contributed by atoms with Crippen LogP contribution in [0.15, 0.2) is 114 Å². The molecule has 1 amide bonds. The average Bonchev–Trinajstić information content (AvgIpc) is 2.92. The molecule has 0 fully saturated rings. The van der Waals surface area contributed by atoms with E-state index >= 15 is 0 Å². The first kappa shape index (κ1) is 23.0. The molecule has 0 saturated carbocycles. The fraction of sp³-hybridized carbons (Fsp3) is 0.138. The van der Waals surface area contributed by atoms with E-state index in [1.165, 1.54) is 0 Å². The van der Waals surface area contributed by atoms with Crippen molar-refractivity contribution in [3.05, 3.63) is 131 Å². The minimum Gasteiger partial charge on any atom is -0.308 e. The topological polar surface area (TPSA) is 66.5 Å². The Morgan fingerprint density at radius 3 is 1.94 bits per heavy atom. The molecule has 176 valence electrons. The number of aryl methyl sites for hydroxylation is 1. The van der Waals surface area contributed by atoms with Crippen molar-refractivity contribution in [1.82, 2.24) is 4.72 Å². The summed E-state index contributed by atoms with van der Waals surface area (Å²) in [6.45, 7) is 0.606. The molecular formula is C29H26N2O3S. The van der Waals surface area contributed by atoms with Crippen molar-refractivity contribution in [1.29, 1.82) is 0 Å². The van der Waals surface area contributed by atoms with Gasteiger partial charge in [-0.2, -0.15) is 4.72 Å². The summed E-state index contributed by atoms with van der Waals surface area (Å²) in [5.74, 6) is -0.0755. The normalized spacial score (nSPS) is 13.5. The lowest BCUT2D eigenvalue weighted by Crippen LogP contribution is -2.35. The zero-order chi connectivity index (χ0) is 24.3. The van der Waals surface area contributed by atoms with Crippen LogP contribution in [0.2, 0.25) is 0 Å². The van der Waals surface area contributed by atoms with Gasteiger partial charge in [-0.1, -0.05) is 78.9 Å². The molecule has 4 aromatic carbocycles. The van der Waals surface area contributed by atoms with Crippen LogP contribution in [0.4, 0.5) is 5.69 Å². The Morgan fingerprint density at radius 2 is 1.34 bits per heavy atom. The van der Waals surface area contributed by atoms with Gasteiger partial charge in [-0.3, -0.25) is 4.79 Å². The lowest BCUT2D eigenvalue weighted by molar-refractivity contribution is 0.0985. The van der Waals surface area contributed by atoms with Crippen LogP contribution in [0.1, 0.15) is 39.5 Å². The van der Waals surface area contributed by atoms with Crippen LogP contribution in [0.3, 0.4) is 0 Å². The Balaban J connectivity index is 1.46. The standard InChI is InChI=1S/C29H26N2O3S/c32-29(24-15-8-3-9-16-24)31-20-10-17-25-21-26(18-19-27(25)31)35(33,34)30-28(22-11-4-1-5-12-22)23-13-6-2-7-14-23/h1-9,11-16,18-19,21,28,30H,10,17,20H2. The second-order valence-electron chi connectivity index (χ2n) is 8.59. The van der Waals surface area contributed by atoms with E-state index in [1.807, 2.05) is 78.9 Å². The number of amides is 1. The van der Waals surface area contributed by atoms with Crippen LogP contribution in [-0.2, 0) is 16.4 Å². The highest BCUT2D eigenvalue weighted by molar-refractivity contribution is 7.89. The predicted molar refractivity (Wildman–Crippen MR) is 138 cm³/mol. The van der Waals surface area contributed by atoms with Gasteiger partial charge in [0.25, 0.3) is 5.91 Å². The lowest BCUT2D eigenvalue weighted by atomic mass is 10.00. The maximum atomic E-state index is 13.5. The third kappa shape index (κ3) is 4.90. The van der Waals surface area contributed by atoms with Gasteiger partial charge in [0.15, 0.2) is 0 Å². The fourth-order valence-corrected chi connectivity index (χ4v) is 5.79. The number of benzene rings is 4. The van der Waals surface area contributed by atoms with Gasteiger partial charge < -0.3 is 4.90 Å². The highest BCUT2D eigenvalue weighted by atomic mass is 32.2. The summed E-state index contributed by atoms with van der Waals surface area (Å²) in [7, 11) is -3.83. The molecule has 4 aromatic rings. The molecule has 5 rings (SSSR count). The highest BCUT2D eigenvalue weighted by Crippen LogP contribution is 2.32. The van der Waals surface area contributed by atoms with Gasteiger partial charge in [-0.15, -0.1) is 0 Å². The quantitative estimate of drug-likeness (QED) is 0.403. The van der Waals surface area contributed by atoms with E-state index in [9.17, 15) is 13.2 Å². The van der Waals surface area contributed by atoms with E-state index in [1.54, 1.807) is 35.2 Å². The number of nitrogens with zero attached hydrogens (tertiary/aromatic N) is 1. The molecule has 0 radical (unpaired) electrons. The zero-order valence-electron chi connectivity index (χ0n) is 19.2. The molecule has 0 spiro atoms. The van der Waals surface area contributed by atoms with Gasteiger partial charge in [0, 0.05) is 17.8 Å². The Labute approximate surface area is 206 Å². The molecule has 0 atom stereocenters. The molecule has 1 heterocycles. The first-order chi connectivity index (χ1) is 17.0. The molecule has 1 aliphatic rings. The Morgan fingerprint density at radius 1 is 0.771 bits per heavy atom. The minimum absolute atomic E-state index is 0.0755. The molecule has 0 aromatic heterocycles. The molecule has 0 aliphatic carbocycles. The number of fused-ring (bicyclic) bond motifs is 1. The first-order valence-electron chi connectivity index (χ1n) is 11.6. The SMILES string of the molecule is O=C(c1ccccc1)N1CCCc2cc(S(=O)(=O)NC(c3ccccc3)c3ccccc3)ccc21.